The molecule has 0 unspecified atom stereocenters. The normalized spacial score (nSPS) is 10.4. The van der Waals surface area contributed by atoms with Crippen molar-refractivity contribution >= 4 is 7.25 Å². The fraction of sp³-hybridized carbons (Fsp3) is 1.00. The Morgan fingerprint density at radius 3 is 1.55 bits per heavy atom. The first kappa shape index (κ1) is 13.3. The number of quaternary nitrogens is 1. The van der Waals surface area contributed by atoms with Gasteiger partial charge in [-0.25, -0.2) is 0 Å². The molecule has 0 radical (unpaired) electrons. The summed E-state index contributed by atoms with van der Waals surface area (Å²) < 4.78 is 39.0. The third-order valence-electron chi connectivity index (χ3n) is 0.854. The van der Waals surface area contributed by atoms with E-state index in [9.17, 15) is 17.3 Å². The van der Waals surface area contributed by atoms with Crippen molar-refractivity contribution in [2.75, 3.05) is 6.54 Å². The van der Waals surface area contributed by atoms with Gasteiger partial charge >= 0.3 is 7.25 Å². The second-order valence-electron chi connectivity index (χ2n) is 2.06. The molecule has 1 nitrogen and oxygen atoms in total. The first-order chi connectivity index (χ1) is 4.91. The molecular formula is C5H14BF4N. The summed E-state index contributed by atoms with van der Waals surface area (Å²) >= 11 is 0. The fourth-order valence-electron chi connectivity index (χ4n) is 0.427. The van der Waals surface area contributed by atoms with E-state index in [1.54, 1.807) is 0 Å². The second kappa shape index (κ2) is 7.85. The average molecular weight is 175 g/mol. The van der Waals surface area contributed by atoms with Crippen molar-refractivity contribution in [3.63, 3.8) is 0 Å². The van der Waals surface area contributed by atoms with Crippen LogP contribution in [0.2, 0.25) is 0 Å². The smallest absolute Gasteiger partial charge is 0.418 e. The number of hydrogen-bond donors (Lipinski definition) is 1. The Labute approximate surface area is 64.1 Å². The Kier molecular flexibility index (Phi) is 9.52. The molecule has 0 heterocycles. The van der Waals surface area contributed by atoms with Gasteiger partial charge < -0.3 is 23.0 Å². The molecule has 0 atom stereocenters. The van der Waals surface area contributed by atoms with Crippen LogP contribution in [0.1, 0.15) is 26.2 Å². The lowest BCUT2D eigenvalue weighted by Gasteiger charge is -1.94. The predicted molar refractivity (Wildman–Crippen MR) is 37.5 cm³/mol. The summed E-state index contributed by atoms with van der Waals surface area (Å²) in [6, 6.07) is 0. The first-order valence-electron chi connectivity index (χ1n) is 3.58. The Morgan fingerprint density at radius 2 is 1.45 bits per heavy atom. The summed E-state index contributed by atoms with van der Waals surface area (Å²) in [6.07, 6.45) is 3.97. The standard InChI is InChI=1S/C5H13N.BF4/c1-2-3-4-5-6;2-1(3,4)5/h2-6H2,1H3;/q;-1/p+1. The van der Waals surface area contributed by atoms with E-state index >= 15 is 0 Å². The lowest BCUT2D eigenvalue weighted by Crippen LogP contribution is -2.49. The molecule has 0 fully saturated rings. The lowest BCUT2D eigenvalue weighted by molar-refractivity contribution is -0.368. The molecule has 11 heavy (non-hydrogen) atoms. The molecule has 0 aromatic heterocycles. The predicted octanol–water partition coefficient (Wildman–Crippen LogP) is 1.72. The summed E-state index contributed by atoms with van der Waals surface area (Å²) in [4.78, 5) is 0. The van der Waals surface area contributed by atoms with Crippen LogP contribution in [0.15, 0.2) is 0 Å². The highest BCUT2D eigenvalue weighted by Gasteiger charge is 2.20. The highest BCUT2D eigenvalue weighted by atomic mass is 19.5. The second-order valence-corrected chi connectivity index (χ2v) is 2.06. The SMILES string of the molecule is CCCCC[NH3+].F[B-](F)(F)F. The maximum atomic E-state index is 9.75. The minimum Gasteiger partial charge on any atom is -0.418 e. The molecule has 0 rings (SSSR count). The number of unbranched alkanes of at least 4 members (excludes halogenated alkanes) is 2. The molecule has 0 aliphatic carbocycles. The van der Waals surface area contributed by atoms with Crippen LogP contribution in [0.5, 0.6) is 0 Å². The molecule has 0 aromatic carbocycles. The van der Waals surface area contributed by atoms with E-state index in [1.807, 2.05) is 0 Å². The highest BCUT2D eigenvalue weighted by molar-refractivity contribution is 6.50. The molecule has 0 amide bonds. The number of halogens is 4. The molecule has 0 aliphatic heterocycles. The van der Waals surface area contributed by atoms with E-state index in [4.69, 9.17) is 0 Å². The molecule has 0 aromatic rings. The zero-order valence-electron chi connectivity index (χ0n) is 6.62. The largest absolute Gasteiger partial charge is 0.673 e. The first-order valence-corrected chi connectivity index (χ1v) is 3.58. The summed E-state index contributed by atoms with van der Waals surface area (Å²) in [5.74, 6) is 0. The van der Waals surface area contributed by atoms with Gasteiger partial charge in [-0.1, -0.05) is 13.3 Å². The van der Waals surface area contributed by atoms with Gasteiger partial charge in [0, 0.05) is 0 Å². The summed E-state index contributed by atoms with van der Waals surface area (Å²) in [5, 5.41) is 0. The molecule has 0 saturated carbocycles. The number of hydrogen-bond acceptors (Lipinski definition) is 0. The molecule has 0 bridgehead atoms. The summed E-state index contributed by atoms with van der Waals surface area (Å²) in [5.41, 5.74) is 3.72. The zero-order valence-corrected chi connectivity index (χ0v) is 6.62. The van der Waals surface area contributed by atoms with Gasteiger partial charge in [0.25, 0.3) is 0 Å². The minimum absolute atomic E-state index is 1.10. The van der Waals surface area contributed by atoms with Crippen LogP contribution in [0.25, 0.3) is 0 Å². The molecule has 0 aliphatic rings. The van der Waals surface area contributed by atoms with Crippen molar-refractivity contribution in [3.8, 4) is 0 Å². The van der Waals surface area contributed by atoms with Gasteiger partial charge in [0.2, 0.25) is 0 Å². The Bertz CT molecular complexity index is 65.4. The summed E-state index contributed by atoms with van der Waals surface area (Å²) in [6.45, 7) is 3.31. The average Bonchev–Trinajstić information content (AvgIpc) is 1.79. The van der Waals surface area contributed by atoms with Crippen molar-refractivity contribution in [1.82, 2.24) is 0 Å². The zero-order chi connectivity index (χ0) is 9.33. The van der Waals surface area contributed by atoms with E-state index < -0.39 is 7.25 Å². The van der Waals surface area contributed by atoms with E-state index in [1.165, 1.54) is 19.3 Å². The van der Waals surface area contributed by atoms with Crippen LogP contribution in [-0.2, 0) is 0 Å². The van der Waals surface area contributed by atoms with Crippen molar-refractivity contribution in [2.24, 2.45) is 0 Å². The van der Waals surface area contributed by atoms with Gasteiger partial charge in [-0.2, -0.15) is 0 Å². The third-order valence-corrected chi connectivity index (χ3v) is 0.854. The van der Waals surface area contributed by atoms with Crippen LogP contribution in [0, 0.1) is 0 Å². The van der Waals surface area contributed by atoms with Crippen LogP contribution in [-0.4, -0.2) is 13.8 Å². The fourth-order valence-corrected chi connectivity index (χ4v) is 0.427. The van der Waals surface area contributed by atoms with Gasteiger partial charge in [0.05, 0.1) is 6.54 Å². The maximum absolute atomic E-state index is 9.75. The van der Waals surface area contributed by atoms with Gasteiger partial charge in [-0.3, -0.25) is 0 Å². The van der Waals surface area contributed by atoms with Crippen molar-refractivity contribution in [3.05, 3.63) is 0 Å². The Balaban J connectivity index is 0. The summed E-state index contributed by atoms with van der Waals surface area (Å²) in [7, 11) is -6.00. The van der Waals surface area contributed by atoms with E-state index in [0.29, 0.717) is 0 Å². The van der Waals surface area contributed by atoms with E-state index in [0.717, 1.165) is 6.54 Å². The Morgan fingerprint density at radius 1 is 1.09 bits per heavy atom. The number of rotatable bonds is 3. The third kappa shape index (κ3) is 77.6. The van der Waals surface area contributed by atoms with Gasteiger partial charge in [0.1, 0.15) is 0 Å². The topological polar surface area (TPSA) is 27.6 Å². The maximum Gasteiger partial charge on any atom is 0.673 e. The monoisotopic (exact) mass is 175 g/mol. The molecular weight excluding hydrogens is 161 g/mol. The van der Waals surface area contributed by atoms with E-state index in [2.05, 4.69) is 12.7 Å². The van der Waals surface area contributed by atoms with Gasteiger partial charge in [-0.05, 0) is 12.8 Å². The van der Waals surface area contributed by atoms with Crippen LogP contribution in [0.3, 0.4) is 0 Å². The van der Waals surface area contributed by atoms with E-state index in [-0.39, 0.29) is 0 Å². The Hall–Kier alpha value is -0.255. The quantitative estimate of drug-likeness (QED) is 0.384. The van der Waals surface area contributed by atoms with Gasteiger partial charge in [-0.15, -0.1) is 0 Å². The molecule has 0 saturated heterocycles. The van der Waals surface area contributed by atoms with Gasteiger partial charge in [0.15, 0.2) is 0 Å². The van der Waals surface area contributed by atoms with Crippen LogP contribution in [0.4, 0.5) is 17.3 Å². The van der Waals surface area contributed by atoms with Crippen LogP contribution < -0.4 is 5.73 Å². The van der Waals surface area contributed by atoms with Crippen molar-refractivity contribution in [1.29, 1.82) is 0 Å². The molecule has 6 heteroatoms. The van der Waals surface area contributed by atoms with Crippen molar-refractivity contribution < 1.29 is 23.0 Å². The highest BCUT2D eigenvalue weighted by Crippen LogP contribution is 2.06. The van der Waals surface area contributed by atoms with Crippen LogP contribution >= 0.6 is 0 Å². The molecule has 3 N–H and O–H groups in total. The van der Waals surface area contributed by atoms with Crippen molar-refractivity contribution in [2.45, 2.75) is 26.2 Å². The minimum atomic E-state index is -6.00. The molecule has 0 spiro atoms. The lowest BCUT2D eigenvalue weighted by atomic mass is 10.3. The molecule has 70 valence electrons.